The SMILES string of the molecule is CC(C)Oc1ccc(C23C=CN=C(Nc4cc(Cl)cc(Cl)c4)C2C3C)cc1C(N)=O. The fraction of sp³-hybridized carbons (Fsp3) is 0.304. The first-order valence-corrected chi connectivity index (χ1v) is 10.6. The Morgan fingerprint density at radius 1 is 1.20 bits per heavy atom. The van der Waals surface area contributed by atoms with E-state index < -0.39 is 5.91 Å². The molecule has 0 bridgehead atoms. The summed E-state index contributed by atoms with van der Waals surface area (Å²) in [7, 11) is 0. The lowest BCUT2D eigenvalue weighted by atomic mass is 9.89. The van der Waals surface area contributed by atoms with E-state index in [1.54, 1.807) is 12.3 Å². The number of rotatable bonds is 5. The third kappa shape index (κ3) is 3.57. The number of ether oxygens (including phenoxy) is 1. The number of halogens is 2. The van der Waals surface area contributed by atoms with Crippen LogP contribution in [-0.2, 0) is 5.41 Å². The molecule has 3 unspecified atom stereocenters. The number of nitrogens with zero attached hydrogens (tertiary/aromatic N) is 1. The maximum Gasteiger partial charge on any atom is 0.252 e. The number of nitrogens with one attached hydrogen (secondary N) is 1. The van der Waals surface area contributed by atoms with Crippen molar-refractivity contribution in [2.75, 3.05) is 5.32 Å². The summed E-state index contributed by atoms with van der Waals surface area (Å²) in [6, 6.07) is 11.0. The Labute approximate surface area is 185 Å². The predicted molar refractivity (Wildman–Crippen MR) is 122 cm³/mol. The number of hydrogen-bond donors (Lipinski definition) is 2. The number of hydrogen-bond acceptors (Lipinski definition) is 4. The third-order valence-electron chi connectivity index (χ3n) is 5.76. The van der Waals surface area contributed by atoms with Gasteiger partial charge in [0.15, 0.2) is 0 Å². The molecule has 156 valence electrons. The summed E-state index contributed by atoms with van der Waals surface area (Å²) in [5.74, 6) is 1.26. The van der Waals surface area contributed by atoms with Gasteiger partial charge in [0, 0.05) is 33.3 Å². The van der Waals surface area contributed by atoms with Crippen LogP contribution in [0.4, 0.5) is 5.69 Å². The van der Waals surface area contributed by atoms with Gasteiger partial charge in [0.2, 0.25) is 0 Å². The van der Waals surface area contributed by atoms with Crippen LogP contribution >= 0.6 is 23.2 Å². The Hall–Kier alpha value is -2.50. The zero-order chi connectivity index (χ0) is 21.6. The molecule has 0 saturated heterocycles. The molecule has 2 aliphatic rings. The van der Waals surface area contributed by atoms with E-state index >= 15 is 0 Å². The van der Waals surface area contributed by atoms with E-state index in [2.05, 4.69) is 23.3 Å². The Kier molecular flexibility index (Phi) is 5.28. The Balaban J connectivity index is 1.66. The fourth-order valence-electron chi connectivity index (χ4n) is 4.40. The van der Waals surface area contributed by atoms with Gasteiger partial charge in [-0.05, 0) is 55.7 Å². The highest BCUT2D eigenvalue weighted by molar-refractivity contribution is 6.35. The van der Waals surface area contributed by atoms with Crippen molar-refractivity contribution in [1.82, 2.24) is 0 Å². The minimum Gasteiger partial charge on any atom is -0.490 e. The number of nitrogens with two attached hydrogens (primary N) is 1. The van der Waals surface area contributed by atoms with E-state index in [4.69, 9.17) is 33.7 Å². The molecule has 4 rings (SSSR count). The van der Waals surface area contributed by atoms with Gasteiger partial charge >= 0.3 is 0 Å². The molecule has 0 aromatic heterocycles. The lowest BCUT2D eigenvalue weighted by molar-refractivity contribution is 0.0994. The number of amides is 1. The molecular weight excluding hydrogens is 421 g/mol. The average Bonchev–Trinajstić information content (AvgIpc) is 3.27. The van der Waals surface area contributed by atoms with Gasteiger partial charge in [-0.1, -0.05) is 42.3 Å². The van der Waals surface area contributed by atoms with Gasteiger partial charge in [-0.25, -0.2) is 4.99 Å². The zero-order valence-electron chi connectivity index (χ0n) is 16.9. The fourth-order valence-corrected chi connectivity index (χ4v) is 4.92. The van der Waals surface area contributed by atoms with Crippen molar-refractivity contribution in [2.24, 2.45) is 22.6 Å². The highest BCUT2D eigenvalue weighted by Gasteiger charge is 2.64. The van der Waals surface area contributed by atoms with E-state index in [-0.39, 0.29) is 23.4 Å². The average molecular weight is 444 g/mol. The maximum absolute atomic E-state index is 12.1. The Morgan fingerprint density at radius 3 is 2.53 bits per heavy atom. The Bertz CT molecular complexity index is 1060. The van der Waals surface area contributed by atoms with Crippen LogP contribution in [0.5, 0.6) is 5.75 Å². The molecule has 1 aliphatic heterocycles. The highest BCUT2D eigenvalue weighted by atomic mass is 35.5. The number of allylic oxidation sites excluding steroid dienone is 1. The monoisotopic (exact) mass is 443 g/mol. The standard InChI is InChI=1S/C23H23Cl2N3O2/c1-12(2)30-19-5-4-14(8-18(19)21(26)29)23-6-7-27-22(20(23)13(23)3)28-17-10-15(24)9-16(25)11-17/h4-13,20H,1-3H3,(H2,26,29)(H,27,28). The summed E-state index contributed by atoms with van der Waals surface area (Å²) in [6.07, 6.45) is 3.85. The number of carbonyl (C=O) groups is 1. The molecule has 2 aromatic rings. The minimum atomic E-state index is -0.505. The van der Waals surface area contributed by atoms with Crippen LogP contribution in [0, 0.1) is 11.8 Å². The van der Waals surface area contributed by atoms with Crippen LogP contribution in [0.15, 0.2) is 53.7 Å². The van der Waals surface area contributed by atoms with Gasteiger partial charge in [0.1, 0.15) is 11.6 Å². The van der Waals surface area contributed by atoms with Gasteiger partial charge in [0.05, 0.1) is 11.7 Å². The molecule has 2 aromatic carbocycles. The van der Waals surface area contributed by atoms with Crippen LogP contribution < -0.4 is 15.8 Å². The number of aliphatic imine (C=N–C) groups is 1. The molecule has 1 fully saturated rings. The first-order valence-electron chi connectivity index (χ1n) is 9.82. The number of primary amides is 1. The lowest BCUT2D eigenvalue weighted by Crippen LogP contribution is -2.23. The van der Waals surface area contributed by atoms with Crippen molar-refractivity contribution in [3.8, 4) is 5.75 Å². The molecule has 30 heavy (non-hydrogen) atoms. The summed E-state index contributed by atoms with van der Waals surface area (Å²) in [5.41, 5.74) is 7.57. The largest absolute Gasteiger partial charge is 0.490 e. The molecule has 3 atom stereocenters. The molecule has 7 heteroatoms. The molecule has 0 spiro atoms. The minimum absolute atomic E-state index is 0.0539. The van der Waals surface area contributed by atoms with E-state index in [9.17, 15) is 4.79 Å². The van der Waals surface area contributed by atoms with Crippen LogP contribution in [0.25, 0.3) is 0 Å². The van der Waals surface area contributed by atoms with Gasteiger partial charge < -0.3 is 15.8 Å². The van der Waals surface area contributed by atoms with E-state index in [0.717, 1.165) is 17.1 Å². The van der Waals surface area contributed by atoms with Crippen LogP contribution in [-0.4, -0.2) is 17.8 Å². The van der Waals surface area contributed by atoms with Crippen LogP contribution in [0.1, 0.15) is 36.7 Å². The van der Waals surface area contributed by atoms with Crippen molar-refractivity contribution >= 4 is 40.6 Å². The molecule has 1 aliphatic carbocycles. The van der Waals surface area contributed by atoms with Gasteiger partial charge in [-0.2, -0.15) is 0 Å². The molecule has 0 radical (unpaired) electrons. The smallest absolute Gasteiger partial charge is 0.252 e. The number of anilines is 1. The first-order chi connectivity index (χ1) is 14.2. The molecule has 5 nitrogen and oxygen atoms in total. The molecule has 1 amide bonds. The van der Waals surface area contributed by atoms with E-state index in [1.807, 2.05) is 44.2 Å². The summed E-state index contributed by atoms with van der Waals surface area (Å²) in [4.78, 5) is 16.6. The highest BCUT2D eigenvalue weighted by Crippen LogP contribution is 2.63. The molecule has 3 N–H and O–H groups in total. The van der Waals surface area contributed by atoms with Crippen molar-refractivity contribution in [2.45, 2.75) is 32.3 Å². The van der Waals surface area contributed by atoms with Gasteiger partial charge in [0.25, 0.3) is 5.91 Å². The second kappa shape index (κ2) is 7.64. The second-order valence-corrected chi connectivity index (χ2v) is 8.93. The predicted octanol–water partition coefficient (Wildman–Crippen LogP) is 5.42. The third-order valence-corrected chi connectivity index (χ3v) is 6.20. The maximum atomic E-state index is 12.1. The molecule has 1 saturated carbocycles. The second-order valence-electron chi connectivity index (χ2n) is 8.05. The van der Waals surface area contributed by atoms with Crippen molar-refractivity contribution in [1.29, 1.82) is 0 Å². The van der Waals surface area contributed by atoms with Crippen molar-refractivity contribution in [3.05, 3.63) is 69.8 Å². The van der Waals surface area contributed by atoms with E-state index in [1.165, 1.54) is 0 Å². The summed E-state index contributed by atoms with van der Waals surface area (Å²) < 4.78 is 5.76. The van der Waals surface area contributed by atoms with Crippen LogP contribution in [0.2, 0.25) is 10.0 Å². The molecular formula is C23H23Cl2N3O2. The number of amidine groups is 1. The summed E-state index contributed by atoms with van der Waals surface area (Å²) >= 11 is 12.3. The molecule has 1 heterocycles. The number of fused-ring (bicyclic) bond motifs is 1. The number of benzene rings is 2. The van der Waals surface area contributed by atoms with Crippen LogP contribution in [0.3, 0.4) is 0 Å². The summed E-state index contributed by atoms with van der Waals surface area (Å²) in [5, 5.41) is 4.48. The van der Waals surface area contributed by atoms with Crippen molar-refractivity contribution < 1.29 is 9.53 Å². The number of carbonyl (C=O) groups excluding carboxylic acids is 1. The topological polar surface area (TPSA) is 76.7 Å². The first kappa shape index (κ1) is 20.8. The summed E-state index contributed by atoms with van der Waals surface area (Å²) in [6.45, 7) is 6.00. The van der Waals surface area contributed by atoms with Gasteiger partial charge in [-0.15, -0.1) is 0 Å². The normalized spacial score (nSPS) is 24.3. The van der Waals surface area contributed by atoms with E-state index in [0.29, 0.717) is 21.4 Å². The lowest BCUT2D eigenvalue weighted by Gasteiger charge is -2.21. The Morgan fingerprint density at radius 2 is 1.90 bits per heavy atom. The van der Waals surface area contributed by atoms with Gasteiger partial charge in [-0.3, -0.25) is 4.79 Å². The zero-order valence-corrected chi connectivity index (χ0v) is 18.5. The van der Waals surface area contributed by atoms with Crippen molar-refractivity contribution in [3.63, 3.8) is 0 Å². The quantitative estimate of drug-likeness (QED) is 0.647.